The predicted octanol–water partition coefficient (Wildman–Crippen LogP) is 4.30. The van der Waals surface area contributed by atoms with Gasteiger partial charge in [-0.15, -0.1) is 35.3 Å². The lowest BCUT2D eigenvalue weighted by molar-refractivity contribution is 0.0657. The lowest BCUT2D eigenvalue weighted by atomic mass is 10.3. The molecule has 0 unspecified atom stereocenters. The van der Waals surface area contributed by atoms with Crippen LogP contribution in [0.2, 0.25) is 0 Å². The summed E-state index contributed by atoms with van der Waals surface area (Å²) >= 11 is 1.62. The van der Waals surface area contributed by atoms with Crippen LogP contribution in [0, 0.1) is 0 Å². The average Bonchev–Trinajstić information content (AvgIpc) is 3.60. The molecule has 10 heteroatoms. The zero-order valence-corrected chi connectivity index (χ0v) is 21.2. The number of furan rings is 2. The van der Waals surface area contributed by atoms with Crippen LogP contribution in [0.5, 0.6) is 0 Å². The molecule has 1 aromatic carbocycles. The lowest BCUT2D eigenvalue weighted by Crippen LogP contribution is -2.53. The average molecular weight is 577 g/mol. The van der Waals surface area contributed by atoms with E-state index >= 15 is 0 Å². The van der Waals surface area contributed by atoms with E-state index in [1.54, 1.807) is 35.4 Å². The summed E-state index contributed by atoms with van der Waals surface area (Å²) in [5.74, 6) is 2.67. The Bertz CT molecular complexity index is 1210. The molecular formula is C23H24IN5O3S. The highest BCUT2D eigenvalue weighted by Crippen LogP contribution is 2.31. The maximum atomic E-state index is 12.4. The monoisotopic (exact) mass is 577 g/mol. The van der Waals surface area contributed by atoms with Crippen LogP contribution in [0.15, 0.2) is 68.6 Å². The quantitative estimate of drug-likeness (QED) is 0.221. The molecule has 1 aliphatic heterocycles. The van der Waals surface area contributed by atoms with Crippen molar-refractivity contribution in [2.24, 2.45) is 4.99 Å². The van der Waals surface area contributed by atoms with E-state index in [0.29, 0.717) is 38.5 Å². The number of aliphatic imine (C=N–C) groups is 1. The smallest absolute Gasteiger partial charge is 0.289 e. The maximum Gasteiger partial charge on any atom is 0.289 e. The normalized spacial score (nSPS) is 14.4. The summed E-state index contributed by atoms with van der Waals surface area (Å²) < 4.78 is 12.4. The van der Waals surface area contributed by atoms with Crippen molar-refractivity contribution in [1.29, 1.82) is 0 Å². The highest BCUT2D eigenvalue weighted by molar-refractivity contribution is 14.0. The molecule has 172 valence electrons. The van der Waals surface area contributed by atoms with Gasteiger partial charge in [-0.25, -0.2) is 4.98 Å². The SMILES string of the molecule is CN=C(NCc1ccc(-c2nc3ccccc3s2)o1)N1CCN(C(=O)c2ccco2)CC1.I. The van der Waals surface area contributed by atoms with Crippen LogP contribution in [0.25, 0.3) is 21.0 Å². The summed E-state index contributed by atoms with van der Waals surface area (Å²) in [7, 11) is 1.76. The van der Waals surface area contributed by atoms with Crippen molar-refractivity contribution in [1.82, 2.24) is 20.1 Å². The molecule has 8 nitrogen and oxygen atoms in total. The second kappa shape index (κ2) is 10.4. The number of thiazole rings is 1. The third-order valence-corrected chi connectivity index (χ3v) is 6.45. The topological polar surface area (TPSA) is 87.1 Å². The number of aromatic nitrogens is 1. The summed E-state index contributed by atoms with van der Waals surface area (Å²) in [5.41, 5.74) is 0.980. The molecule has 0 atom stereocenters. The number of guanidine groups is 1. The first-order chi connectivity index (χ1) is 15.7. The van der Waals surface area contributed by atoms with Gasteiger partial charge in [0.15, 0.2) is 22.5 Å². The summed E-state index contributed by atoms with van der Waals surface area (Å²) in [6, 6.07) is 15.4. The molecular weight excluding hydrogens is 553 g/mol. The predicted molar refractivity (Wildman–Crippen MR) is 139 cm³/mol. The number of carbonyl (C=O) groups excluding carboxylic acids is 1. The Hall–Kier alpha value is -2.86. The molecule has 1 fully saturated rings. The maximum absolute atomic E-state index is 12.4. The Morgan fingerprint density at radius 3 is 2.61 bits per heavy atom. The third-order valence-electron chi connectivity index (χ3n) is 5.40. The number of fused-ring (bicyclic) bond motifs is 1. The number of carbonyl (C=O) groups is 1. The Morgan fingerprint density at radius 2 is 1.88 bits per heavy atom. The molecule has 0 aliphatic carbocycles. The summed E-state index contributed by atoms with van der Waals surface area (Å²) in [4.78, 5) is 25.4. The molecule has 0 bridgehead atoms. The van der Waals surface area contributed by atoms with Crippen molar-refractivity contribution in [3.8, 4) is 10.8 Å². The third kappa shape index (κ3) is 5.06. The highest BCUT2D eigenvalue weighted by atomic mass is 127. The van der Waals surface area contributed by atoms with Gasteiger partial charge in [0.1, 0.15) is 5.76 Å². The zero-order chi connectivity index (χ0) is 21.9. The fourth-order valence-electron chi connectivity index (χ4n) is 3.74. The number of halogens is 1. The standard InChI is InChI=1S/C23H23N5O3S.HI/c1-24-23(28-12-10-27(11-13-28)22(29)19-6-4-14-30-19)25-15-16-8-9-18(31-16)21-26-17-5-2-3-7-20(17)32-21;/h2-9,14H,10-13,15H2,1H3,(H,24,25);1H. The van der Waals surface area contributed by atoms with Gasteiger partial charge >= 0.3 is 0 Å². The summed E-state index contributed by atoms with van der Waals surface area (Å²) in [6.45, 7) is 3.14. The van der Waals surface area contributed by atoms with E-state index in [0.717, 1.165) is 32.7 Å². The number of hydrogen-bond acceptors (Lipinski definition) is 6. The molecule has 0 radical (unpaired) electrons. The van der Waals surface area contributed by atoms with E-state index in [4.69, 9.17) is 8.83 Å². The van der Waals surface area contributed by atoms with E-state index in [1.807, 2.05) is 30.3 Å². The van der Waals surface area contributed by atoms with Crippen molar-refractivity contribution in [3.05, 3.63) is 66.3 Å². The number of piperazine rings is 1. The minimum atomic E-state index is -0.0736. The molecule has 1 saturated heterocycles. The molecule has 3 aromatic heterocycles. The van der Waals surface area contributed by atoms with Crippen LogP contribution in [-0.4, -0.2) is 59.9 Å². The fraction of sp³-hybridized carbons (Fsp3) is 0.261. The number of nitrogens with one attached hydrogen (secondary N) is 1. The Balaban J connectivity index is 0.00000259. The molecule has 1 amide bonds. The first-order valence-corrected chi connectivity index (χ1v) is 11.3. The van der Waals surface area contributed by atoms with E-state index in [9.17, 15) is 4.79 Å². The van der Waals surface area contributed by atoms with E-state index in [1.165, 1.54) is 6.26 Å². The molecule has 0 spiro atoms. The van der Waals surface area contributed by atoms with Crippen LogP contribution in [0.4, 0.5) is 0 Å². The fourth-order valence-corrected chi connectivity index (χ4v) is 4.67. The number of para-hydroxylation sites is 1. The van der Waals surface area contributed by atoms with Gasteiger partial charge in [-0.2, -0.15) is 0 Å². The number of hydrogen-bond donors (Lipinski definition) is 1. The van der Waals surface area contributed by atoms with Crippen LogP contribution >= 0.6 is 35.3 Å². The van der Waals surface area contributed by atoms with Gasteiger partial charge in [-0.1, -0.05) is 12.1 Å². The molecule has 1 aliphatic rings. The first kappa shape index (κ1) is 23.3. The second-order valence-corrected chi connectivity index (χ2v) is 8.44. The van der Waals surface area contributed by atoms with E-state index in [2.05, 4.69) is 26.3 Å². The van der Waals surface area contributed by atoms with Gasteiger partial charge in [-0.3, -0.25) is 9.79 Å². The van der Waals surface area contributed by atoms with Crippen LogP contribution < -0.4 is 5.32 Å². The molecule has 0 saturated carbocycles. The molecule has 4 heterocycles. The Morgan fingerprint density at radius 1 is 1.09 bits per heavy atom. The van der Waals surface area contributed by atoms with Gasteiger partial charge in [-0.05, 0) is 36.4 Å². The number of benzene rings is 1. The molecule has 1 N–H and O–H groups in total. The van der Waals surface area contributed by atoms with Crippen molar-refractivity contribution in [2.45, 2.75) is 6.54 Å². The van der Waals surface area contributed by atoms with Crippen LogP contribution in [0.1, 0.15) is 16.3 Å². The lowest BCUT2D eigenvalue weighted by Gasteiger charge is -2.36. The number of rotatable bonds is 4. The Kier molecular flexibility index (Phi) is 7.33. The number of nitrogens with zero attached hydrogens (tertiary/aromatic N) is 4. The van der Waals surface area contributed by atoms with Crippen molar-refractivity contribution >= 4 is 57.4 Å². The van der Waals surface area contributed by atoms with Gasteiger partial charge in [0.2, 0.25) is 0 Å². The van der Waals surface area contributed by atoms with E-state index in [-0.39, 0.29) is 29.9 Å². The minimum Gasteiger partial charge on any atom is -0.459 e. The van der Waals surface area contributed by atoms with Crippen molar-refractivity contribution in [3.63, 3.8) is 0 Å². The van der Waals surface area contributed by atoms with Gasteiger partial charge in [0.05, 0.1) is 23.0 Å². The zero-order valence-electron chi connectivity index (χ0n) is 18.1. The largest absolute Gasteiger partial charge is 0.459 e. The molecule has 33 heavy (non-hydrogen) atoms. The minimum absolute atomic E-state index is 0. The number of amides is 1. The Labute approximate surface area is 212 Å². The van der Waals surface area contributed by atoms with Gasteiger partial charge in [0, 0.05) is 33.2 Å². The van der Waals surface area contributed by atoms with Gasteiger partial charge < -0.3 is 24.0 Å². The van der Waals surface area contributed by atoms with Crippen LogP contribution in [-0.2, 0) is 6.54 Å². The second-order valence-electron chi connectivity index (χ2n) is 7.41. The van der Waals surface area contributed by atoms with Crippen LogP contribution in [0.3, 0.4) is 0 Å². The van der Waals surface area contributed by atoms with Crippen molar-refractivity contribution in [2.75, 3.05) is 33.2 Å². The highest BCUT2D eigenvalue weighted by Gasteiger charge is 2.25. The van der Waals surface area contributed by atoms with Gasteiger partial charge in [0.25, 0.3) is 5.91 Å². The first-order valence-electron chi connectivity index (χ1n) is 10.4. The molecule has 5 rings (SSSR count). The van der Waals surface area contributed by atoms with Crippen molar-refractivity contribution < 1.29 is 13.6 Å². The summed E-state index contributed by atoms with van der Waals surface area (Å²) in [6.07, 6.45) is 1.52. The molecule has 4 aromatic rings. The van der Waals surface area contributed by atoms with E-state index < -0.39 is 0 Å². The summed E-state index contributed by atoms with van der Waals surface area (Å²) in [5, 5.41) is 4.24.